The highest BCUT2D eigenvalue weighted by Gasteiger charge is 2.24. The van der Waals surface area contributed by atoms with Crippen molar-refractivity contribution in [1.29, 1.82) is 0 Å². The van der Waals surface area contributed by atoms with Gasteiger partial charge >= 0.3 is 0 Å². The van der Waals surface area contributed by atoms with E-state index in [1.165, 1.54) is 11.3 Å². The quantitative estimate of drug-likeness (QED) is 0.524. The Morgan fingerprint density at radius 3 is 2.67 bits per heavy atom. The normalized spacial score (nSPS) is 18.6. The summed E-state index contributed by atoms with van der Waals surface area (Å²) in [5.74, 6) is -0.379. The highest BCUT2D eigenvalue weighted by molar-refractivity contribution is 7.14. The first-order valence-corrected chi connectivity index (χ1v) is 6.25. The second kappa shape index (κ2) is 6.87. The summed E-state index contributed by atoms with van der Waals surface area (Å²) in [7, 11) is 1.71. The van der Waals surface area contributed by atoms with E-state index in [0.717, 1.165) is 6.29 Å². The molecule has 1 saturated heterocycles. The van der Waals surface area contributed by atoms with E-state index in [2.05, 4.69) is 10.6 Å². The number of nitrogens with two attached hydrogens (primary N) is 1. The molecule has 7 heteroatoms. The lowest BCUT2D eigenvalue weighted by Gasteiger charge is -2.19. The number of rotatable bonds is 2. The zero-order valence-electron chi connectivity index (χ0n) is 9.93. The maximum absolute atomic E-state index is 10.8. The van der Waals surface area contributed by atoms with Crippen LogP contribution in [0, 0.1) is 0 Å². The molecule has 0 spiro atoms. The zero-order chi connectivity index (χ0) is 13.5. The summed E-state index contributed by atoms with van der Waals surface area (Å²) >= 11 is 1.38. The Bertz CT molecular complexity index is 444. The summed E-state index contributed by atoms with van der Waals surface area (Å²) in [6.07, 6.45) is 1.81. The van der Waals surface area contributed by atoms with Crippen LogP contribution in [0.2, 0.25) is 0 Å². The average Bonchev–Trinajstić information content (AvgIpc) is 2.76. The van der Waals surface area contributed by atoms with Gasteiger partial charge in [0.25, 0.3) is 0 Å². The summed E-state index contributed by atoms with van der Waals surface area (Å²) in [5.41, 5.74) is 5.93. The summed E-state index contributed by atoms with van der Waals surface area (Å²) in [5, 5.41) is 7.44. The molecule has 2 amide bonds. The summed E-state index contributed by atoms with van der Waals surface area (Å²) in [6, 6.07) is 1.52. The van der Waals surface area contributed by atoms with E-state index >= 15 is 0 Å². The van der Waals surface area contributed by atoms with E-state index in [0.29, 0.717) is 23.4 Å². The lowest BCUT2D eigenvalue weighted by molar-refractivity contribution is -0.134. The number of imide groups is 1. The van der Waals surface area contributed by atoms with Gasteiger partial charge < -0.3 is 11.1 Å². The van der Waals surface area contributed by atoms with Gasteiger partial charge in [0.05, 0.1) is 11.0 Å². The first-order valence-electron chi connectivity index (χ1n) is 5.37. The number of hydrogen-bond donors (Lipinski definition) is 3. The number of likely N-dealkylation sites (N-methyl/N-ethyl adjacent to an activating group) is 1. The van der Waals surface area contributed by atoms with E-state index in [1.54, 1.807) is 18.5 Å². The topological polar surface area (TPSA) is 101 Å². The van der Waals surface area contributed by atoms with Crippen LogP contribution in [-0.2, 0) is 9.59 Å². The van der Waals surface area contributed by atoms with Gasteiger partial charge in [-0.25, -0.2) is 0 Å². The molecular formula is C11H15N3O3S. The van der Waals surface area contributed by atoms with Crippen molar-refractivity contribution in [2.75, 3.05) is 12.8 Å². The van der Waals surface area contributed by atoms with Gasteiger partial charge in [0.2, 0.25) is 11.8 Å². The van der Waals surface area contributed by atoms with Crippen LogP contribution < -0.4 is 16.4 Å². The van der Waals surface area contributed by atoms with Gasteiger partial charge in [-0.3, -0.25) is 19.7 Å². The van der Waals surface area contributed by atoms with Gasteiger partial charge in [0, 0.05) is 12.0 Å². The van der Waals surface area contributed by atoms with E-state index in [9.17, 15) is 14.4 Å². The average molecular weight is 269 g/mol. The second-order valence-corrected chi connectivity index (χ2v) is 4.60. The minimum Gasteiger partial charge on any atom is -0.390 e. The van der Waals surface area contributed by atoms with Gasteiger partial charge in [-0.2, -0.15) is 0 Å². The SMILES string of the molecule is CNC1CCC(=O)NC1=O.Nc1sccc1C=O. The number of nitrogen functional groups attached to an aromatic ring is 1. The standard InChI is InChI=1S/C6H10N2O2.C5H5NOS/c1-7-4-2-3-5(9)8-6(4)10;6-5-4(3-7)1-2-8-5/h4,7H,2-3H2,1H3,(H,8,9,10);1-3H,6H2. The van der Waals surface area contributed by atoms with Crippen molar-refractivity contribution in [3.8, 4) is 0 Å². The van der Waals surface area contributed by atoms with E-state index in [-0.39, 0.29) is 17.9 Å². The van der Waals surface area contributed by atoms with E-state index in [1.807, 2.05) is 0 Å². The molecule has 0 aromatic carbocycles. The number of carbonyl (C=O) groups excluding carboxylic acids is 3. The smallest absolute Gasteiger partial charge is 0.243 e. The Hall–Kier alpha value is -1.73. The Balaban J connectivity index is 0.000000184. The number of anilines is 1. The van der Waals surface area contributed by atoms with Gasteiger partial charge in [0.15, 0.2) is 6.29 Å². The number of hydrogen-bond acceptors (Lipinski definition) is 6. The summed E-state index contributed by atoms with van der Waals surface area (Å²) in [6.45, 7) is 0. The number of amides is 2. The zero-order valence-corrected chi connectivity index (χ0v) is 10.8. The first-order chi connectivity index (χ1) is 8.58. The number of carbonyl (C=O) groups is 3. The number of thiophene rings is 1. The van der Waals surface area contributed by atoms with Crippen molar-refractivity contribution in [1.82, 2.24) is 10.6 Å². The molecule has 1 aromatic heterocycles. The molecule has 0 radical (unpaired) electrons. The van der Waals surface area contributed by atoms with E-state index in [4.69, 9.17) is 5.73 Å². The van der Waals surface area contributed by atoms with Gasteiger partial charge in [0.1, 0.15) is 0 Å². The van der Waals surface area contributed by atoms with E-state index < -0.39 is 0 Å². The third kappa shape index (κ3) is 3.94. The van der Waals surface area contributed by atoms with Crippen LogP contribution in [0.4, 0.5) is 5.00 Å². The van der Waals surface area contributed by atoms with Gasteiger partial charge in [-0.1, -0.05) is 0 Å². The molecule has 4 N–H and O–H groups in total. The molecule has 18 heavy (non-hydrogen) atoms. The molecule has 1 fully saturated rings. The molecule has 2 rings (SSSR count). The highest BCUT2D eigenvalue weighted by Crippen LogP contribution is 2.15. The molecule has 0 bridgehead atoms. The lowest BCUT2D eigenvalue weighted by Crippen LogP contribution is -2.49. The minimum atomic E-state index is -0.209. The monoisotopic (exact) mass is 269 g/mol. The fourth-order valence-electron chi connectivity index (χ4n) is 1.40. The minimum absolute atomic E-state index is 0.170. The first kappa shape index (κ1) is 14.3. The largest absolute Gasteiger partial charge is 0.390 e. The van der Waals surface area contributed by atoms with Crippen molar-refractivity contribution < 1.29 is 14.4 Å². The maximum Gasteiger partial charge on any atom is 0.243 e. The third-order valence-electron chi connectivity index (χ3n) is 2.44. The van der Waals surface area contributed by atoms with Crippen molar-refractivity contribution in [2.45, 2.75) is 18.9 Å². The molecular weight excluding hydrogens is 254 g/mol. The van der Waals surface area contributed by atoms with Crippen LogP contribution in [0.25, 0.3) is 0 Å². The molecule has 1 aliphatic rings. The molecule has 1 aromatic rings. The highest BCUT2D eigenvalue weighted by atomic mass is 32.1. The molecule has 1 aliphatic heterocycles. The Labute approximate surface area is 109 Å². The Morgan fingerprint density at radius 1 is 1.56 bits per heavy atom. The predicted octanol–water partition coefficient (Wildman–Crippen LogP) is 0.154. The summed E-state index contributed by atoms with van der Waals surface area (Å²) in [4.78, 5) is 31.4. The van der Waals surface area contributed by atoms with Crippen molar-refractivity contribution in [3.05, 3.63) is 17.0 Å². The molecule has 2 heterocycles. The van der Waals surface area contributed by atoms with Crippen LogP contribution in [0.5, 0.6) is 0 Å². The van der Waals surface area contributed by atoms with Crippen molar-refractivity contribution in [3.63, 3.8) is 0 Å². The number of aldehydes is 1. The van der Waals surface area contributed by atoms with Crippen LogP contribution >= 0.6 is 11.3 Å². The molecule has 0 saturated carbocycles. The van der Waals surface area contributed by atoms with Gasteiger partial charge in [-0.05, 0) is 24.9 Å². The predicted molar refractivity (Wildman–Crippen MR) is 69.4 cm³/mol. The van der Waals surface area contributed by atoms with Crippen LogP contribution in [0.1, 0.15) is 23.2 Å². The molecule has 0 aliphatic carbocycles. The third-order valence-corrected chi connectivity index (χ3v) is 3.20. The summed E-state index contributed by atoms with van der Waals surface area (Å²) < 4.78 is 0. The Kier molecular flexibility index (Phi) is 5.47. The van der Waals surface area contributed by atoms with Crippen LogP contribution in [0.15, 0.2) is 11.4 Å². The van der Waals surface area contributed by atoms with Gasteiger partial charge in [-0.15, -0.1) is 11.3 Å². The van der Waals surface area contributed by atoms with Crippen LogP contribution in [-0.4, -0.2) is 31.2 Å². The van der Waals surface area contributed by atoms with Crippen molar-refractivity contribution >= 4 is 34.4 Å². The fraction of sp³-hybridized carbons (Fsp3) is 0.364. The molecule has 1 unspecified atom stereocenters. The number of piperidine rings is 1. The molecule has 1 atom stereocenters. The maximum atomic E-state index is 10.8. The number of nitrogens with one attached hydrogen (secondary N) is 2. The van der Waals surface area contributed by atoms with Crippen molar-refractivity contribution in [2.24, 2.45) is 0 Å². The fourth-order valence-corrected chi connectivity index (χ4v) is 2.01. The van der Waals surface area contributed by atoms with Crippen LogP contribution in [0.3, 0.4) is 0 Å². The second-order valence-electron chi connectivity index (χ2n) is 3.65. The lowest BCUT2D eigenvalue weighted by atomic mass is 10.1. The Morgan fingerprint density at radius 2 is 2.28 bits per heavy atom. The molecule has 6 nitrogen and oxygen atoms in total. The molecule has 98 valence electrons.